The summed E-state index contributed by atoms with van der Waals surface area (Å²) in [5, 5.41) is 0. The van der Waals surface area contributed by atoms with Crippen LogP contribution < -0.4 is 0 Å². The van der Waals surface area contributed by atoms with Gasteiger partial charge in [-0.25, -0.2) is 4.98 Å². The standard InChI is InChI=1S/C16H22N2O/c1-10(2)16-17-14-8-12-5-4-11(3)19-7-6-13(12)9-15(14)18-16/h8-11H,4-7H2,1-3H3,(H,17,18). The Morgan fingerprint density at radius 2 is 2.05 bits per heavy atom. The molecule has 2 aromatic rings. The van der Waals surface area contributed by atoms with Crippen molar-refractivity contribution in [2.45, 2.75) is 52.1 Å². The first-order valence-corrected chi connectivity index (χ1v) is 7.26. The summed E-state index contributed by atoms with van der Waals surface area (Å²) in [5.41, 5.74) is 5.13. The fraction of sp³-hybridized carbons (Fsp3) is 0.562. The van der Waals surface area contributed by atoms with Crippen molar-refractivity contribution in [3.8, 4) is 0 Å². The number of aromatic amines is 1. The molecule has 0 spiro atoms. The van der Waals surface area contributed by atoms with Gasteiger partial charge in [0, 0.05) is 5.92 Å². The van der Waals surface area contributed by atoms with E-state index in [0.717, 1.165) is 42.7 Å². The number of benzene rings is 1. The van der Waals surface area contributed by atoms with Gasteiger partial charge in [-0.1, -0.05) is 13.8 Å². The van der Waals surface area contributed by atoms with Gasteiger partial charge in [0.25, 0.3) is 0 Å². The molecule has 1 aromatic heterocycles. The highest BCUT2D eigenvalue weighted by molar-refractivity contribution is 5.77. The third-order valence-electron chi connectivity index (χ3n) is 3.96. The number of rotatable bonds is 1. The molecule has 3 nitrogen and oxygen atoms in total. The van der Waals surface area contributed by atoms with Gasteiger partial charge in [0.1, 0.15) is 5.82 Å². The zero-order valence-corrected chi connectivity index (χ0v) is 12.0. The second-order valence-electron chi connectivity index (χ2n) is 5.88. The van der Waals surface area contributed by atoms with Crippen LogP contribution in [-0.2, 0) is 17.6 Å². The number of hydrogen-bond acceptors (Lipinski definition) is 2. The Hall–Kier alpha value is -1.35. The van der Waals surface area contributed by atoms with E-state index in [1.807, 2.05) is 0 Å². The van der Waals surface area contributed by atoms with Crippen LogP contribution in [0.2, 0.25) is 0 Å². The molecule has 3 rings (SSSR count). The number of aryl methyl sites for hydroxylation is 1. The zero-order valence-electron chi connectivity index (χ0n) is 12.0. The summed E-state index contributed by atoms with van der Waals surface area (Å²) in [6.45, 7) is 7.33. The molecule has 0 aliphatic carbocycles. The molecular weight excluding hydrogens is 236 g/mol. The van der Waals surface area contributed by atoms with Gasteiger partial charge in [0.15, 0.2) is 0 Å². The lowest BCUT2D eigenvalue weighted by Gasteiger charge is -2.19. The number of hydrogen-bond donors (Lipinski definition) is 1. The smallest absolute Gasteiger partial charge is 0.109 e. The minimum Gasteiger partial charge on any atom is -0.378 e. The summed E-state index contributed by atoms with van der Waals surface area (Å²) in [5.74, 6) is 1.52. The van der Waals surface area contributed by atoms with Crippen LogP contribution in [0.4, 0.5) is 0 Å². The molecule has 0 saturated heterocycles. The fourth-order valence-electron chi connectivity index (χ4n) is 2.72. The minimum atomic E-state index is 0.370. The van der Waals surface area contributed by atoms with E-state index in [1.165, 1.54) is 11.1 Å². The van der Waals surface area contributed by atoms with E-state index in [4.69, 9.17) is 9.72 Å². The third kappa shape index (κ3) is 2.52. The highest BCUT2D eigenvalue weighted by Gasteiger charge is 2.14. The molecule has 0 radical (unpaired) electrons. The second-order valence-corrected chi connectivity index (χ2v) is 5.88. The van der Waals surface area contributed by atoms with Crippen molar-refractivity contribution in [3.63, 3.8) is 0 Å². The van der Waals surface area contributed by atoms with Crippen LogP contribution in [0.5, 0.6) is 0 Å². The highest BCUT2D eigenvalue weighted by Crippen LogP contribution is 2.24. The van der Waals surface area contributed by atoms with Crippen LogP contribution in [0.3, 0.4) is 0 Å². The van der Waals surface area contributed by atoms with Gasteiger partial charge in [-0.2, -0.15) is 0 Å². The Balaban J connectivity index is 2.03. The molecule has 1 N–H and O–H groups in total. The van der Waals surface area contributed by atoms with Gasteiger partial charge in [-0.05, 0) is 49.4 Å². The van der Waals surface area contributed by atoms with Gasteiger partial charge in [0.05, 0.1) is 23.7 Å². The van der Waals surface area contributed by atoms with E-state index in [9.17, 15) is 0 Å². The van der Waals surface area contributed by atoms with E-state index >= 15 is 0 Å². The molecule has 102 valence electrons. The maximum absolute atomic E-state index is 5.77. The van der Waals surface area contributed by atoms with Crippen molar-refractivity contribution in [3.05, 3.63) is 29.1 Å². The normalized spacial score (nSPS) is 20.3. The lowest BCUT2D eigenvalue weighted by molar-refractivity contribution is 0.0598. The predicted molar refractivity (Wildman–Crippen MR) is 77.6 cm³/mol. The molecular formula is C16H22N2O. The third-order valence-corrected chi connectivity index (χ3v) is 3.96. The Bertz CT molecular complexity index is 586. The van der Waals surface area contributed by atoms with Crippen molar-refractivity contribution in [1.29, 1.82) is 0 Å². The first-order chi connectivity index (χ1) is 9.13. The maximum Gasteiger partial charge on any atom is 0.109 e. The largest absolute Gasteiger partial charge is 0.378 e. The van der Waals surface area contributed by atoms with Crippen molar-refractivity contribution in [2.24, 2.45) is 0 Å². The molecule has 1 aromatic carbocycles. The average molecular weight is 258 g/mol. The summed E-state index contributed by atoms with van der Waals surface area (Å²) in [7, 11) is 0. The van der Waals surface area contributed by atoms with Gasteiger partial charge < -0.3 is 9.72 Å². The summed E-state index contributed by atoms with van der Waals surface area (Å²) >= 11 is 0. The van der Waals surface area contributed by atoms with Crippen LogP contribution in [0, 0.1) is 0 Å². The van der Waals surface area contributed by atoms with Crippen molar-refractivity contribution >= 4 is 11.0 Å². The summed E-state index contributed by atoms with van der Waals surface area (Å²) in [6, 6.07) is 4.54. The molecule has 0 amide bonds. The van der Waals surface area contributed by atoms with Crippen LogP contribution in [0.15, 0.2) is 12.1 Å². The van der Waals surface area contributed by atoms with E-state index in [2.05, 4.69) is 37.9 Å². The van der Waals surface area contributed by atoms with Gasteiger partial charge in [-0.15, -0.1) is 0 Å². The predicted octanol–water partition coefficient (Wildman–Crippen LogP) is 3.58. The summed E-state index contributed by atoms with van der Waals surface area (Å²) in [6.07, 6.45) is 3.57. The summed E-state index contributed by atoms with van der Waals surface area (Å²) < 4.78 is 5.77. The Morgan fingerprint density at radius 3 is 2.84 bits per heavy atom. The first-order valence-electron chi connectivity index (χ1n) is 7.26. The number of aromatic nitrogens is 2. The first kappa shape index (κ1) is 12.7. The minimum absolute atomic E-state index is 0.370. The lowest BCUT2D eigenvalue weighted by Crippen LogP contribution is -2.16. The van der Waals surface area contributed by atoms with Gasteiger partial charge in [-0.3, -0.25) is 0 Å². The number of nitrogens with zero attached hydrogens (tertiary/aromatic N) is 1. The second kappa shape index (κ2) is 4.97. The van der Waals surface area contributed by atoms with E-state index in [1.54, 1.807) is 0 Å². The Morgan fingerprint density at radius 1 is 1.26 bits per heavy atom. The number of ether oxygens (including phenoxy) is 1. The van der Waals surface area contributed by atoms with Crippen LogP contribution in [0.25, 0.3) is 11.0 Å². The van der Waals surface area contributed by atoms with E-state index in [-0.39, 0.29) is 0 Å². The quantitative estimate of drug-likeness (QED) is 0.849. The molecule has 0 bridgehead atoms. The van der Waals surface area contributed by atoms with Crippen LogP contribution in [0.1, 0.15) is 50.1 Å². The highest BCUT2D eigenvalue weighted by atomic mass is 16.5. The molecule has 3 heteroatoms. The zero-order chi connectivity index (χ0) is 13.4. The van der Waals surface area contributed by atoms with Crippen molar-refractivity contribution in [1.82, 2.24) is 9.97 Å². The van der Waals surface area contributed by atoms with Crippen molar-refractivity contribution in [2.75, 3.05) is 6.61 Å². The molecule has 19 heavy (non-hydrogen) atoms. The molecule has 1 aliphatic heterocycles. The molecule has 2 heterocycles. The number of fused-ring (bicyclic) bond motifs is 2. The Kier molecular flexibility index (Phi) is 3.31. The molecule has 1 atom stereocenters. The van der Waals surface area contributed by atoms with Crippen molar-refractivity contribution < 1.29 is 4.74 Å². The van der Waals surface area contributed by atoms with E-state index in [0.29, 0.717) is 12.0 Å². The number of nitrogens with one attached hydrogen (secondary N) is 1. The fourth-order valence-corrected chi connectivity index (χ4v) is 2.72. The SMILES string of the molecule is CC1CCc2cc3nc(C(C)C)[nH]c3cc2CCO1. The lowest BCUT2D eigenvalue weighted by atomic mass is 9.97. The molecule has 1 unspecified atom stereocenters. The monoisotopic (exact) mass is 258 g/mol. The topological polar surface area (TPSA) is 37.9 Å². The maximum atomic E-state index is 5.77. The molecule has 1 aliphatic rings. The Labute approximate surface area is 114 Å². The average Bonchev–Trinajstić information content (AvgIpc) is 2.76. The van der Waals surface area contributed by atoms with Crippen LogP contribution in [-0.4, -0.2) is 22.7 Å². The van der Waals surface area contributed by atoms with Gasteiger partial charge in [0.2, 0.25) is 0 Å². The van der Waals surface area contributed by atoms with Gasteiger partial charge >= 0.3 is 0 Å². The molecule has 0 saturated carbocycles. The number of H-pyrrole nitrogens is 1. The number of imidazole rings is 1. The summed E-state index contributed by atoms with van der Waals surface area (Å²) in [4.78, 5) is 8.14. The molecule has 0 fully saturated rings. The van der Waals surface area contributed by atoms with Crippen LogP contribution >= 0.6 is 0 Å². The van der Waals surface area contributed by atoms with E-state index < -0.39 is 0 Å².